The number of amides is 1. The summed E-state index contributed by atoms with van der Waals surface area (Å²) in [5, 5.41) is 2.82. The maximum Gasteiger partial charge on any atom is 0.252 e. The number of nitrogens with zero attached hydrogens (tertiary/aromatic N) is 1. The zero-order valence-electron chi connectivity index (χ0n) is 11.9. The van der Waals surface area contributed by atoms with Gasteiger partial charge in [-0.1, -0.05) is 12.1 Å². The van der Waals surface area contributed by atoms with Crippen LogP contribution >= 0.6 is 15.9 Å². The van der Waals surface area contributed by atoms with Crippen molar-refractivity contribution in [2.45, 2.75) is 6.54 Å². The first-order valence-electron chi connectivity index (χ1n) is 6.47. The van der Waals surface area contributed by atoms with Crippen LogP contribution in [0.1, 0.15) is 15.9 Å². The normalized spacial score (nSPS) is 10.3. The van der Waals surface area contributed by atoms with E-state index in [0.717, 1.165) is 11.3 Å². The minimum Gasteiger partial charge on any atom is -0.378 e. The van der Waals surface area contributed by atoms with Crippen molar-refractivity contribution in [3.63, 3.8) is 0 Å². The third kappa shape index (κ3) is 4.04. The number of hydrogen-bond acceptors (Lipinski definition) is 2. The lowest BCUT2D eigenvalue weighted by Gasteiger charge is -2.13. The van der Waals surface area contributed by atoms with Gasteiger partial charge in [-0.3, -0.25) is 4.79 Å². The minimum atomic E-state index is -0.377. The van der Waals surface area contributed by atoms with Crippen LogP contribution in [0.5, 0.6) is 0 Å². The van der Waals surface area contributed by atoms with Gasteiger partial charge in [0.15, 0.2) is 0 Å². The second-order valence-electron chi connectivity index (χ2n) is 4.87. The van der Waals surface area contributed by atoms with Gasteiger partial charge < -0.3 is 10.2 Å². The molecule has 2 rings (SSSR count). The molecule has 0 aliphatic rings. The van der Waals surface area contributed by atoms with Gasteiger partial charge in [0, 0.05) is 30.8 Å². The van der Waals surface area contributed by atoms with Crippen LogP contribution in [0.4, 0.5) is 10.1 Å². The van der Waals surface area contributed by atoms with Gasteiger partial charge in [-0.15, -0.1) is 0 Å². The van der Waals surface area contributed by atoms with E-state index in [1.807, 2.05) is 43.3 Å². The van der Waals surface area contributed by atoms with E-state index in [-0.39, 0.29) is 11.7 Å². The first kappa shape index (κ1) is 15.5. The number of rotatable bonds is 4. The average molecular weight is 351 g/mol. The average Bonchev–Trinajstić information content (AvgIpc) is 2.45. The highest BCUT2D eigenvalue weighted by Crippen LogP contribution is 2.18. The molecule has 0 unspecified atom stereocenters. The van der Waals surface area contributed by atoms with E-state index in [1.165, 1.54) is 18.2 Å². The summed E-state index contributed by atoms with van der Waals surface area (Å²) in [6.45, 7) is 0.427. The van der Waals surface area contributed by atoms with Crippen molar-refractivity contribution >= 4 is 27.5 Å². The number of hydrogen-bond donors (Lipinski definition) is 1. The Bertz CT molecular complexity index is 641. The molecule has 1 N–H and O–H groups in total. The van der Waals surface area contributed by atoms with Crippen molar-refractivity contribution in [1.82, 2.24) is 5.32 Å². The van der Waals surface area contributed by atoms with Gasteiger partial charge in [0.2, 0.25) is 0 Å². The Hall–Kier alpha value is -1.88. The maximum atomic E-state index is 13.0. The van der Waals surface area contributed by atoms with Crippen LogP contribution in [0.2, 0.25) is 0 Å². The monoisotopic (exact) mass is 350 g/mol. The largest absolute Gasteiger partial charge is 0.378 e. The van der Waals surface area contributed by atoms with Crippen LogP contribution in [0.3, 0.4) is 0 Å². The number of carbonyl (C=O) groups excluding carboxylic acids is 1. The molecule has 0 radical (unpaired) electrons. The molecular weight excluding hydrogens is 335 g/mol. The smallest absolute Gasteiger partial charge is 0.252 e. The lowest BCUT2D eigenvalue weighted by Crippen LogP contribution is -2.23. The van der Waals surface area contributed by atoms with Gasteiger partial charge >= 0.3 is 0 Å². The Morgan fingerprint density at radius 2 is 1.86 bits per heavy atom. The van der Waals surface area contributed by atoms with Crippen molar-refractivity contribution in [3.8, 4) is 0 Å². The Labute approximate surface area is 131 Å². The zero-order chi connectivity index (χ0) is 15.4. The molecule has 0 atom stereocenters. The van der Waals surface area contributed by atoms with Gasteiger partial charge in [0.05, 0.1) is 5.56 Å². The summed E-state index contributed by atoms with van der Waals surface area (Å²) in [7, 11) is 3.95. The molecule has 2 aromatic carbocycles. The second kappa shape index (κ2) is 6.72. The van der Waals surface area contributed by atoms with E-state index in [0.29, 0.717) is 16.6 Å². The van der Waals surface area contributed by atoms with E-state index in [9.17, 15) is 9.18 Å². The molecule has 21 heavy (non-hydrogen) atoms. The molecule has 0 aliphatic heterocycles. The summed E-state index contributed by atoms with van der Waals surface area (Å²) >= 11 is 3.19. The first-order chi connectivity index (χ1) is 9.97. The molecule has 110 valence electrons. The number of nitrogens with one attached hydrogen (secondary N) is 1. The fourth-order valence-electron chi connectivity index (χ4n) is 1.86. The van der Waals surface area contributed by atoms with Gasteiger partial charge in [0.25, 0.3) is 5.91 Å². The molecule has 0 saturated carbocycles. The minimum absolute atomic E-state index is 0.237. The quantitative estimate of drug-likeness (QED) is 0.913. The summed E-state index contributed by atoms with van der Waals surface area (Å²) in [5.74, 6) is -0.615. The highest BCUT2D eigenvalue weighted by atomic mass is 79.9. The summed E-state index contributed by atoms with van der Waals surface area (Å²) < 4.78 is 13.4. The fourth-order valence-corrected chi connectivity index (χ4v) is 2.39. The predicted molar refractivity (Wildman–Crippen MR) is 86.0 cm³/mol. The van der Waals surface area contributed by atoms with E-state index in [2.05, 4.69) is 21.2 Å². The Morgan fingerprint density at radius 1 is 1.19 bits per heavy atom. The van der Waals surface area contributed by atoms with Crippen LogP contribution in [0, 0.1) is 5.82 Å². The number of benzene rings is 2. The summed E-state index contributed by atoms with van der Waals surface area (Å²) in [6, 6.07) is 11.9. The number of anilines is 1. The molecule has 0 bridgehead atoms. The van der Waals surface area contributed by atoms with E-state index < -0.39 is 0 Å². The molecule has 0 fully saturated rings. The van der Waals surface area contributed by atoms with Crippen molar-refractivity contribution in [1.29, 1.82) is 0 Å². The molecule has 2 aromatic rings. The third-order valence-corrected chi connectivity index (χ3v) is 3.74. The summed E-state index contributed by atoms with van der Waals surface area (Å²) in [5.41, 5.74) is 2.53. The molecule has 5 heteroatoms. The third-order valence-electron chi connectivity index (χ3n) is 3.08. The van der Waals surface area contributed by atoms with E-state index in [4.69, 9.17) is 0 Å². The fraction of sp³-hybridized carbons (Fsp3) is 0.188. The Morgan fingerprint density at radius 3 is 2.43 bits per heavy atom. The highest BCUT2D eigenvalue weighted by Gasteiger charge is 2.10. The van der Waals surface area contributed by atoms with Gasteiger partial charge in [-0.25, -0.2) is 4.39 Å². The van der Waals surface area contributed by atoms with Crippen LogP contribution in [0.15, 0.2) is 46.9 Å². The highest BCUT2D eigenvalue weighted by molar-refractivity contribution is 9.10. The van der Waals surface area contributed by atoms with Gasteiger partial charge in [-0.2, -0.15) is 0 Å². The Kier molecular flexibility index (Phi) is 4.96. The van der Waals surface area contributed by atoms with Crippen molar-refractivity contribution < 1.29 is 9.18 Å². The van der Waals surface area contributed by atoms with Crippen LogP contribution < -0.4 is 10.2 Å². The maximum absolute atomic E-state index is 13.0. The van der Waals surface area contributed by atoms with Crippen molar-refractivity contribution in [2.75, 3.05) is 19.0 Å². The van der Waals surface area contributed by atoms with E-state index in [1.54, 1.807) is 0 Å². The molecule has 0 aliphatic carbocycles. The summed E-state index contributed by atoms with van der Waals surface area (Å²) in [4.78, 5) is 14.1. The SMILES string of the molecule is CN(C)c1ccc(CNC(=O)c2ccc(F)cc2Br)cc1. The molecule has 1 amide bonds. The van der Waals surface area contributed by atoms with Crippen molar-refractivity contribution in [3.05, 3.63) is 63.9 Å². The lowest BCUT2D eigenvalue weighted by atomic mass is 10.1. The molecular formula is C16H16BrFN2O. The second-order valence-corrected chi connectivity index (χ2v) is 5.72. The predicted octanol–water partition coefficient (Wildman–Crippen LogP) is 3.58. The van der Waals surface area contributed by atoms with Crippen LogP contribution in [0.25, 0.3) is 0 Å². The topological polar surface area (TPSA) is 32.3 Å². The molecule has 3 nitrogen and oxygen atoms in total. The first-order valence-corrected chi connectivity index (χ1v) is 7.26. The number of carbonyl (C=O) groups is 1. The number of halogens is 2. The molecule has 0 aromatic heterocycles. The summed E-state index contributed by atoms with van der Waals surface area (Å²) in [6.07, 6.45) is 0. The lowest BCUT2D eigenvalue weighted by molar-refractivity contribution is 0.0950. The van der Waals surface area contributed by atoms with Crippen molar-refractivity contribution in [2.24, 2.45) is 0 Å². The Balaban J connectivity index is 2.00. The van der Waals surface area contributed by atoms with E-state index >= 15 is 0 Å². The molecule has 0 saturated heterocycles. The van der Waals surface area contributed by atoms with Crippen LogP contribution in [-0.2, 0) is 6.54 Å². The molecule has 0 spiro atoms. The van der Waals surface area contributed by atoms with Crippen LogP contribution in [-0.4, -0.2) is 20.0 Å². The standard InChI is InChI=1S/C16H16BrFN2O/c1-20(2)13-6-3-11(4-7-13)10-19-16(21)14-8-5-12(18)9-15(14)17/h3-9H,10H2,1-2H3,(H,19,21). The zero-order valence-corrected chi connectivity index (χ0v) is 13.4. The van der Waals surface area contributed by atoms with Gasteiger partial charge in [-0.05, 0) is 51.8 Å². The molecule has 0 heterocycles. The van der Waals surface area contributed by atoms with Gasteiger partial charge in [0.1, 0.15) is 5.82 Å².